The van der Waals surface area contributed by atoms with Gasteiger partial charge in [-0.1, -0.05) is 18.2 Å². The normalized spacial score (nSPS) is 16.5. The van der Waals surface area contributed by atoms with Gasteiger partial charge < -0.3 is 10.3 Å². The maximum absolute atomic E-state index is 12.3. The minimum Gasteiger partial charge on any atom is -0.349 e. The number of aryl methyl sites for hydroxylation is 2. The molecule has 2 N–H and O–H groups in total. The molecule has 2 aromatic rings. The third kappa shape index (κ3) is 3.70. The number of H-pyrrole nitrogens is 1. The third-order valence-electron chi connectivity index (χ3n) is 4.24. The molecule has 0 saturated heterocycles. The molecule has 126 valence electrons. The monoisotopic (exact) mass is 343 g/mol. The summed E-state index contributed by atoms with van der Waals surface area (Å²) in [6.45, 7) is 3.56. The van der Waals surface area contributed by atoms with Crippen LogP contribution in [-0.4, -0.2) is 21.6 Å². The number of hydrogen-bond acceptors (Lipinski definition) is 4. The quantitative estimate of drug-likeness (QED) is 0.895. The zero-order valence-electron chi connectivity index (χ0n) is 13.9. The second kappa shape index (κ2) is 7.21. The van der Waals surface area contributed by atoms with Gasteiger partial charge in [-0.15, -0.1) is 11.8 Å². The number of benzene rings is 1. The van der Waals surface area contributed by atoms with Gasteiger partial charge in [-0.2, -0.15) is 0 Å². The summed E-state index contributed by atoms with van der Waals surface area (Å²) in [5.74, 6) is 1.57. The highest BCUT2D eigenvalue weighted by Gasteiger charge is 2.22. The summed E-state index contributed by atoms with van der Waals surface area (Å²) >= 11 is 1.83. The van der Waals surface area contributed by atoms with Gasteiger partial charge in [-0.3, -0.25) is 9.59 Å². The molecule has 0 saturated carbocycles. The molecule has 1 amide bonds. The molecule has 3 rings (SSSR count). The van der Waals surface area contributed by atoms with Crippen molar-refractivity contribution in [2.45, 2.75) is 44.0 Å². The zero-order valence-corrected chi connectivity index (χ0v) is 14.7. The van der Waals surface area contributed by atoms with Gasteiger partial charge in [0.15, 0.2) is 0 Å². The summed E-state index contributed by atoms with van der Waals surface area (Å²) in [6, 6.07) is 8.26. The lowest BCUT2D eigenvalue weighted by Crippen LogP contribution is -2.31. The average Bonchev–Trinajstić information content (AvgIpc) is 2.54. The number of carbonyl (C=O) groups is 1. The minimum atomic E-state index is -0.146. The molecule has 1 aromatic heterocycles. The lowest BCUT2D eigenvalue weighted by molar-refractivity contribution is -0.121. The molecular weight excluding hydrogens is 322 g/mol. The summed E-state index contributed by atoms with van der Waals surface area (Å²) in [6.07, 6.45) is 1.63. The van der Waals surface area contributed by atoms with Crippen LogP contribution >= 0.6 is 11.8 Å². The number of thioether (sulfide) groups is 1. The van der Waals surface area contributed by atoms with Gasteiger partial charge in [0.25, 0.3) is 5.56 Å². The fourth-order valence-corrected chi connectivity index (χ4v) is 4.17. The first-order chi connectivity index (χ1) is 11.5. The molecule has 2 heterocycles. The van der Waals surface area contributed by atoms with Crippen molar-refractivity contribution in [1.82, 2.24) is 15.3 Å². The van der Waals surface area contributed by atoms with E-state index in [9.17, 15) is 9.59 Å². The van der Waals surface area contributed by atoms with Gasteiger partial charge in [0.2, 0.25) is 5.91 Å². The number of rotatable bonds is 4. The van der Waals surface area contributed by atoms with E-state index >= 15 is 0 Å². The Morgan fingerprint density at radius 3 is 2.96 bits per heavy atom. The van der Waals surface area contributed by atoms with E-state index in [4.69, 9.17) is 0 Å². The van der Waals surface area contributed by atoms with E-state index < -0.39 is 0 Å². The Labute approximate surface area is 145 Å². The Kier molecular flexibility index (Phi) is 5.04. The predicted molar refractivity (Wildman–Crippen MR) is 95.3 cm³/mol. The van der Waals surface area contributed by atoms with Crippen LogP contribution in [0.2, 0.25) is 0 Å². The minimum absolute atomic E-state index is 0.0268. The summed E-state index contributed by atoms with van der Waals surface area (Å²) in [4.78, 5) is 32.5. The standard InChI is InChI=1S/C18H21N3O2S/c1-11-13(18(23)20-12(2)19-11)7-8-17(22)21-15-9-10-24-16-6-4-3-5-14(15)16/h3-6,15H,7-10H2,1-2H3,(H,21,22)(H,19,20,23)/t15-/m0/s1. The highest BCUT2D eigenvalue weighted by molar-refractivity contribution is 7.99. The molecule has 1 atom stereocenters. The molecule has 0 radical (unpaired) electrons. The number of amides is 1. The van der Waals surface area contributed by atoms with Crippen molar-refractivity contribution in [3.8, 4) is 0 Å². The van der Waals surface area contributed by atoms with E-state index in [1.165, 1.54) is 10.5 Å². The van der Waals surface area contributed by atoms with Gasteiger partial charge >= 0.3 is 0 Å². The Morgan fingerprint density at radius 2 is 2.17 bits per heavy atom. The lowest BCUT2D eigenvalue weighted by Gasteiger charge is -2.25. The maximum atomic E-state index is 12.3. The van der Waals surface area contributed by atoms with Crippen molar-refractivity contribution in [1.29, 1.82) is 0 Å². The Hall–Kier alpha value is -2.08. The number of aromatic nitrogens is 2. The topological polar surface area (TPSA) is 74.8 Å². The second-order valence-electron chi connectivity index (χ2n) is 6.01. The van der Waals surface area contributed by atoms with Crippen LogP contribution < -0.4 is 10.9 Å². The number of nitrogens with one attached hydrogen (secondary N) is 2. The average molecular weight is 343 g/mol. The van der Waals surface area contributed by atoms with E-state index in [-0.39, 0.29) is 17.5 Å². The van der Waals surface area contributed by atoms with E-state index in [0.29, 0.717) is 29.9 Å². The van der Waals surface area contributed by atoms with E-state index in [1.54, 1.807) is 6.92 Å². The summed E-state index contributed by atoms with van der Waals surface area (Å²) < 4.78 is 0. The zero-order chi connectivity index (χ0) is 17.1. The molecule has 1 aromatic carbocycles. The van der Waals surface area contributed by atoms with E-state index in [1.807, 2.05) is 30.8 Å². The van der Waals surface area contributed by atoms with Crippen LogP contribution in [0.3, 0.4) is 0 Å². The van der Waals surface area contributed by atoms with Gasteiger partial charge in [0.1, 0.15) is 5.82 Å². The molecule has 24 heavy (non-hydrogen) atoms. The molecule has 1 aliphatic rings. The van der Waals surface area contributed by atoms with Crippen LogP contribution in [0.4, 0.5) is 0 Å². The van der Waals surface area contributed by atoms with E-state index in [2.05, 4.69) is 27.4 Å². The highest BCUT2D eigenvalue weighted by Crippen LogP contribution is 2.35. The van der Waals surface area contributed by atoms with Gasteiger partial charge in [0, 0.05) is 28.3 Å². The second-order valence-corrected chi connectivity index (χ2v) is 7.15. The number of carbonyl (C=O) groups excluding carboxylic acids is 1. The maximum Gasteiger partial charge on any atom is 0.254 e. The van der Waals surface area contributed by atoms with Crippen LogP contribution in [0, 0.1) is 13.8 Å². The van der Waals surface area contributed by atoms with Crippen molar-refractivity contribution in [2.75, 3.05) is 5.75 Å². The fourth-order valence-electron chi connectivity index (χ4n) is 3.04. The Balaban J connectivity index is 1.64. The number of nitrogens with zero attached hydrogens (tertiary/aromatic N) is 1. The molecule has 0 aliphatic carbocycles. The SMILES string of the molecule is Cc1nc(C)c(CCC(=O)N[C@H]2CCSc3ccccc32)c(=O)[nH]1. The van der Waals surface area contributed by atoms with Crippen LogP contribution in [0.25, 0.3) is 0 Å². The van der Waals surface area contributed by atoms with Crippen LogP contribution in [0.1, 0.15) is 41.5 Å². The molecule has 0 spiro atoms. The number of hydrogen-bond donors (Lipinski definition) is 2. The van der Waals surface area contributed by atoms with Crippen molar-refractivity contribution >= 4 is 17.7 Å². The fraction of sp³-hybridized carbons (Fsp3) is 0.389. The summed E-state index contributed by atoms with van der Waals surface area (Å²) in [5.41, 5.74) is 2.33. The molecule has 5 nitrogen and oxygen atoms in total. The largest absolute Gasteiger partial charge is 0.349 e. The first-order valence-corrected chi connectivity index (χ1v) is 9.10. The summed E-state index contributed by atoms with van der Waals surface area (Å²) in [7, 11) is 0. The third-order valence-corrected chi connectivity index (χ3v) is 5.36. The van der Waals surface area contributed by atoms with Crippen molar-refractivity contribution < 1.29 is 4.79 Å². The highest BCUT2D eigenvalue weighted by atomic mass is 32.2. The molecule has 6 heteroatoms. The first-order valence-electron chi connectivity index (χ1n) is 8.12. The van der Waals surface area contributed by atoms with Crippen LogP contribution in [-0.2, 0) is 11.2 Å². The van der Waals surface area contributed by atoms with Crippen molar-refractivity contribution in [3.05, 3.63) is 57.3 Å². The van der Waals surface area contributed by atoms with Crippen LogP contribution in [0.15, 0.2) is 34.0 Å². The molecule has 0 fully saturated rings. The van der Waals surface area contributed by atoms with Crippen molar-refractivity contribution in [3.63, 3.8) is 0 Å². The smallest absolute Gasteiger partial charge is 0.254 e. The molecule has 1 aliphatic heterocycles. The lowest BCUT2D eigenvalue weighted by atomic mass is 10.0. The van der Waals surface area contributed by atoms with Crippen molar-refractivity contribution in [2.24, 2.45) is 0 Å². The number of aromatic amines is 1. The molecule has 0 bridgehead atoms. The predicted octanol–water partition coefficient (Wildman–Crippen LogP) is 2.67. The number of fused-ring (bicyclic) bond motifs is 1. The Bertz CT molecular complexity index is 816. The van der Waals surface area contributed by atoms with Gasteiger partial charge in [0.05, 0.1) is 6.04 Å². The summed E-state index contributed by atoms with van der Waals surface area (Å²) in [5, 5.41) is 3.11. The molecule has 0 unspecified atom stereocenters. The van der Waals surface area contributed by atoms with E-state index in [0.717, 1.165) is 12.2 Å². The van der Waals surface area contributed by atoms with Gasteiger partial charge in [-0.25, -0.2) is 4.98 Å². The van der Waals surface area contributed by atoms with Gasteiger partial charge in [-0.05, 0) is 38.3 Å². The Morgan fingerprint density at radius 1 is 1.38 bits per heavy atom. The first kappa shape index (κ1) is 16.8. The molecular formula is C18H21N3O2S. The van der Waals surface area contributed by atoms with Crippen LogP contribution in [0.5, 0.6) is 0 Å².